The van der Waals surface area contributed by atoms with Crippen molar-refractivity contribution in [2.24, 2.45) is 0 Å². The Balaban J connectivity index is 0.00000324. The van der Waals surface area contributed by atoms with Crippen molar-refractivity contribution in [2.45, 2.75) is 6.42 Å². The van der Waals surface area contributed by atoms with Gasteiger partial charge in [-0.15, -0.1) is 0 Å². The Morgan fingerprint density at radius 2 is 1.89 bits per heavy atom. The lowest BCUT2D eigenvalue weighted by atomic mass is 10.3. The zero-order valence-corrected chi connectivity index (χ0v) is 10.6. The molecule has 5 N–H and O–H groups in total. The second-order valence-corrected chi connectivity index (χ2v) is 3.60. The van der Waals surface area contributed by atoms with Gasteiger partial charge in [-0.05, 0) is 0 Å². The SMILES string of the molecule is N.O=C(CCN1C(=O)C=CC1=O)NCCOCCO. The summed E-state index contributed by atoms with van der Waals surface area (Å²) >= 11 is 0. The first kappa shape index (κ1) is 17.2. The molecule has 3 amide bonds. The Labute approximate surface area is 111 Å². The monoisotopic (exact) mass is 273 g/mol. The van der Waals surface area contributed by atoms with Gasteiger partial charge >= 0.3 is 0 Å². The third-order valence-corrected chi connectivity index (χ3v) is 2.27. The van der Waals surface area contributed by atoms with Crippen LogP contribution in [0, 0.1) is 0 Å². The molecule has 108 valence electrons. The second-order valence-electron chi connectivity index (χ2n) is 3.60. The number of carbonyl (C=O) groups excluding carboxylic acids is 3. The maximum Gasteiger partial charge on any atom is 0.253 e. The maximum absolute atomic E-state index is 11.4. The van der Waals surface area contributed by atoms with E-state index >= 15 is 0 Å². The number of nitrogens with one attached hydrogen (secondary N) is 1. The van der Waals surface area contributed by atoms with E-state index in [4.69, 9.17) is 9.84 Å². The van der Waals surface area contributed by atoms with Crippen molar-refractivity contribution in [1.82, 2.24) is 16.4 Å². The highest BCUT2D eigenvalue weighted by atomic mass is 16.5. The number of hydrogen-bond acceptors (Lipinski definition) is 6. The third-order valence-electron chi connectivity index (χ3n) is 2.27. The normalized spacial score (nSPS) is 13.6. The molecule has 8 heteroatoms. The van der Waals surface area contributed by atoms with Crippen molar-refractivity contribution in [3.63, 3.8) is 0 Å². The third kappa shape index (κ3) is 6.09. The summed E-state index contributed by atoms with van der Waals surface area (Å²) in [6.45, 7) is 0.904. The van der Waals surface area contributed by atoms with E-state index in [1.165, 1.54) is 12.2 Å². The van der Waals surface area contributed by atoms with Crippen molar-refractivity contribution < 1.29 is 24.2 Å². The predicted octanol–water partition coefficient (Wildman–Crippen LogP) is -1.41. The van der Waals surface area contributed by atoms with Crippen LogP contribution >= 0.6 is 0 Å². The Bertz CT molecular complexity index is 338. The van der Waals surface area contributed by atoms with Crippen molar-refractivity contribution >= 4 is 17.7 Å². The lowest BCUT2D eigenvalue weighted by Crippen LogP contribution is -2.35. The fourth-order valence-electron chi connectivity index (χ4n) is 1.38. The van der Waals surface area contributed by atoms with E-state index in [0.717, 1.165) is 4.90 Å². The number of amides is 3. The zero-order chi connectivity index (χ0) is 13.4. The standard InChI is InChI=1S/C11H16N2O5.H3N/c14-6-8-18-7-4-12-9(15)3-5-13-10(16)1-2-11(13)17;/h1-2,14H,3-8H2,(H,12,15);1H3. The average Bonchev–Trinajstić information content (AvgIpc) is 2.66. The summed E-state index contributed by atoms with van der Waals surface area (Å²) in [5, 5.41) is 11.0. The van der Waals surface area contributed by atoms with E-state index in [1.807, 2.05) is 0 Å². The average molecular weight is 273 g/mol. The van der Waals surface area contributed by atoms with Gasteiger partial charge in [0.05, 0.1) is 19.8 Å². The molecule has 1 heterocycles. The Hall–Kier alpha value is -1.77. The first-order chi connectivity index (χ1) is 8.65. The summed E-state index contributed by atoms with van der Waals surface area (Å²) in [6, 6.07) is 0. The lowest BCUT2D eigenvalue weighted by Gasteiger charge is -2.13. The maximum atomic E-state index is 11.4. The number of imide groups is 1. The summed E-state index contributed by atoms with van der Waals surface area (Å²) in [5.41, 5.74) is 0. The second kappa shape index (κ2) is 9.20. The van der Waals surface area contributed by atoms with E-state index in [-0.39, 0.29) is 50.1 Å². The van der Waals surface area contributed by atoms with Gasteiger partial charge in [0.2, 0.25) is 5.91 Å². The van der Waals surface area contributed by atoms with Crippen molar-refractivity contribution in [1.29, 1.82) is 0 Å². The van der Waals surface area contributed by atoms with E-state index < -0.39 is 0 Å². The molecule has 0 aliphatic carbocycles. The Kier molecular flexibility index (Phi) is 8.34. The molecule has 19 heavy (non-hydrogen) atoms. The van der Waals surface area contributed by atoms with E-state index in [0.29, 0.717) is 13.2 Å². The highest BCUT2D eigenvalue weighted by Gasteiger charge is 2.23. The van der Waals surface area contributed by atoms with Crippen LogP contribution in [0.15, 0.2) is 12.2 Å². The minimum atomic E-state index is -0.390. The van der Waals surface area contributed by atoms with Gasteiger partial charge in [-0.1, -0.05) is 0 Å². The molecular weight excluding hydrogens is 254 g/mol. The molecule has 0 saturated carbocycles. The summed E-state index contributed by atoms with van der Waals surface area (Å²) in [4.78, 5) is 34.7. The van der Waals surface area contributed by atoms with Crippen LogP contribution in [0.1, 0.15) is 6.42 Å². The van der Waals surface area contributed by atoms with Gasteiger partial charge < -0.3 is 21.3 Å². The number of ether oxygens (including phenoxy) is 1. The summed E-state index contributed by atoms with van der Waals surface area (Å²) < 4.78 is 4.95. The molecule has 0 fully saturated rings. The fraction of sp³-hybridized carbons (Fsp3) is 0.545. The quantitative estimate of drug-likeness (QED) is 0.368. The Morgan fingerprint density at radius 3 is 2.47 bits per heavy atom. The number of rotatable bonds is 8. The molecule has 0 unspecified atom stereocenters. The first-order valence-electron chi connectivity index (χ1n) is 5.64. The van der Waals surface area contributed by atoms with Crippen LogP contribution in [-0.2, 0) is 19.1 Å². The highest BCUT2D eigenvalue weighted by Crippen LogP contribution is 2.03. The van der Waals surface area contributed by atoms with Gasteiger partial charge in [-0.2, -0.15) is 0 Å². The molecule has 0 spiro atoms. The lowest BCUT2D eigenvalue weighted by molar-refractivity contribution is -0.137. The van der Waals surface area contributed by atoms with Gasteiger partial charge in [0, 0.05) is 31.7 Å². The summed E-state index contributed by atoms with van der Waals surface area (Å²) in [7, 11) is 0. The fourth-order valence-corrected chi connectivity index (χ4v) is 1.38. The smallest absolute Gasteiger partial charge is 0.253 e. The van der Waals surface area contributed by atoms with Crippen LogP contribution in [0.4, 0.5) is 0 Å². The molecule has 1 aliphatic rings. The molecule has 0 aromatic carbocycles. The molecular formula is C11H19N3O5. The van der Waals surface area contributed by atoms with Crippen molar-refractivity contribution in [3.05, 3.63) is 12.2 Å². The number of aliphatic hydroxyl groups is 1. The molecule has 8 nitrogen and oxygen atoms in total. The van der Waals surface area contributed by atoms with Gasteiger partial charge in [0.25, 0.3) is 11.8 Å². The van der Waals surface area contributed by atoms with Crippen LogP contribution in [0.2, 0.25) is 0 Å². The minimum Gasteiger partial charge on any atom is -0.394 e. The van der Waals surface area contributed by atoms with Gasteiger partial charge in [-0.25, -0.2) is 0 Å². The van der Waals surface area contributed by atoms with Gasteiger partial charge in [-0.3, -0.25) is 19.3 Å². The van der Waals surface area contributed by atoms with Crippen LogP contribution in [0.3, 0.4) is 0 Å². The number of carbonyl (C=O) groups is 3. The van der Waals surface area contributed by atoms with Gasteiger partial charge in [0.15, 0.2) is 0 Å². The molecule has 0 bridgehead atoms. The number of hydrogen-bond donors (Lipinski definition) is 3. The van der Waals surface area contributed by atoms with Gasteiger partial charge in [0.1, 0.15) is 0 Å². The number of nitrogens with zero attached hydrogens (tertiary/aromatic N) is 1. The molecule has 0 atom stereocenters. The number of aliphatic hydroxyl groups excluding tert-OH is 1. The molecule has 0 aromatic rings. The first-order valence-corrected chi connectivity index (χ1v) is 5.64. The molecule has 0 saturated heterocycles. The molecule has 1 rings (SSSR count). The van der Waals surface area contributed by atoms with E-state index in [2.05, 4.69) is 5.32 Å². The zero-order valence-electron chi connectivity index (χ0n) is 10.6. The largest absolute Gasteiger partial charge is 0.394 e. The van der Waals surface area contributed by atoms with Crippen LogP contribution in [0.5, 0.6) is 0 Å². The molecule has 0 radical (unpaired) electrons. The molecule has 1 aliphatic heterocycles. The van der Waals surface area contributed by atoms with Crippen LogP contribution in [-0.4, -0.2) is 60.6 Å². The topological polar surface area (TPSA) is 131 Å². The predicted molar refractivity (Wildman–Crippen MR) is 66.4 cm³/mol. The van der Waals surface area contributed by atoms with Crippen LogP contribution in [0.25, 0.3) is 0 Å². The van der Waals surface area contributed by atoms with Crippen LogP contribution < -0.4 is 11.5 Å². The van der Waals surface area contributed by atoms with Crippen molar-refractivity contribution in [3.8, 4) is 0 Å². The molecule has 0 aromatic heterocycles. The van der Waals surface area contributed by atoms with E-state index in [9.17, 15) is 14.4 Å². The minimum absolute atomic E-state index is 0. The van der Waals surface area contributed by atoms with Crippen molar-refractivity contribution in [2.75, 3.05) is 32.9 Å². The summed E-state index contributed by atoms with van der Waals surface area (Å²) in [5.74, 6) is -1.03. The van der Waals surface area contributed by atoms with E-state index in [1.54, 1.807) is 0 Å². The highest BCUT2D eigenvalue weighted by molar-refractivity contribution is 6.13. The Morgan fingerprint density at radius 1 is 1.26 bits per heavy atom. The summed E-state index contributed by atoms with van der Waals surface area (Å²) in [6.07, 6.45) is 2.44.